The van der Waals surface area contributed by atoms with Crippen molar-refractivity contribution in [1.29, 1.82) is 0 Å². The molecule has 0 atom stereocenters. The van der Waals surface area contributed by atoms with Gasteiger partial charge in [-0.3, -0.25) is 4.98 Å². The van der Waals surface area contributed by atoms with Crippen LogP contribution in [0.1, 0.15) is 12.0 Å². The van der Waals surface area contributed by atoms with Crippen molar-refractivity contribution in [3.8, 4) is 11.3 Å². The molecule has 1 fully saturated rings. The molecule has 0 aliphatic carbocycles. The molecular weight excluding hydrogens is 364 g/mol. The van der Waals surface area contributed by atoms with Crippen LogP contribution in [0.3, 0.4) is 0 Å². The van der Waals surface area contributed by atoms with Gasteiger partial charge in [0.05, 0.1) is 5.69 Å². The molecule has 3 heterocycles. The van der Waals surface area contributed by atoms with Gasteiger partial charge in [0.2, 0.25) is 0 Å². The Morgan fingerprint density at radius 1 is 0.966 bits per heavy atom. The molecule has 2 amide bonds. The van der Waals surface area contributed by atoms with Crippen molar-refractivity contribution in [2.24, 2.45) is 0 Å². The van der Waals surface area contributed by atoms with Crippen molar-refractivity contribution in [3.05, 3.63) is 72.6 Å². The Morgan fingerprint density at radius 3 is 2.76 bits per heavy atom. The zero-order chi connectivity index (χ0) is 19.9. The van der Waals surface area contributed by atoms with Crippen molar-refractivity contribution in [1.82, 2.24) is 25.4 Å². The number of nitrogens with zero attached hydrogens (tertiary/aromatic N) is 5. The van der Waals surface area contributed by atoms with Gasteiger partial charge in [-0.05, 0) is 42.3 Å². The molecule has 0 radical (unpaired) electrons. The van der Waals surface area contributed by atoms with Gasteiger partial charge in [0.15, 0.2) is 5.82 Å². The first-order valence-electron chi connectivity index (χ1n) is 9.85. The summed E-state index contributed by atoms with van der Waals surface area (Å²) in [5.74, 6) is 0.862. The van der Waals surface area contributed by atoms with Crippen LogP contribution in [0.25, 0.3) is 11.3 Å². The van der Waals surface area contributed by atoms with Crippen LogP contribution in [0.2, 0.25) is 0 Å². The third kappa shape index (κ3) is 4.87. The van der Waals surface area contributed by atoms with Crippen molar-refractivity contribution in [2.75, 3.05) is 31.1 Å². The van der Waals surface area contributed by atoms with Crippen molar-refractivity contribution in [3.63, 3.8) is 0 Å². The summed E-state index contributed by atoms with van der Waals surface area (Å²) in [7, 11) is 0. The van der Waals surface area contributed by atoms with Gasteiger partial charge in [-0.1, -0.05) is 24.3 Å². The fourth-order valence-corrected chi connectivity index (χ4v) is 3.48. The summed E-state index contributed by atoms with van der Waals surface area (Å²) in [6.07, 6.45) is 4.36. The molecule has 2 aromatic heterocycles. The third-order valence-corrected chi connectivity index (χ3v) is 5.00. The first-order chi connectivity index (χ1) is 14.3. The SMILES string of the molecule is O=C(NCc1cccc(-c2ccccn2)c1)N1CCCN(c2cccnn2)CC1. The maximum absolute atomic E-state index is 12.7. The molecule has 3 aromatic rings. The van der Waals surface area contributed by atoms with Crippen LogP contribution in [0.4, 0.5) is 10.6 Å². The molecule has 0 spiro atoms. The Balaban J connectivity index is 1.33. The summed E-state index contributed by atoms with van der Waals surface area (Å²) in [5.41, 5.74) is 3.03. The number of rotatable bonds is 4. The van der Waals surface area contributed by atoms with E-state index in [1.165, 1.54) is 0 Å². The second-order valence-electron chi connectivity index (χ2n) is 6.98. The molecule has 29 heavy (non-hydrogen) atoms. The Hall–Kier alpha value is -3.48. The van der Waals surface area contributed by atoms with Crippen LogP contribution in [-0.2, 0) is 6.54 Å². The fraction of sp³-hybridized carbons (Fsp3) is 0.273. The number of amides is 2. The van der Waals surface area contributed by atoms with E-state index in [9.17, 15) is 4.79 Å². The van der Waals surface area contributed by atoms with Crippen molar-refractivity contribution >= 4 is 11.8 Å². The van der Waals surface area contributed by atoms with Gasteiger partial charge in [0.1, 0.15) is 0 Å². The standard InChI is InChI=1S/C22H24N6O/c29-22(28-13-5-12-27(14-15-28)21-9-4-11-25-26-21)24-17-18-6-3-7-19(16-18)20-8-1-2-10-23-20/h1-4,6-11,16H,5,12-15,17H2,(H,24,29). The molecule has 0 saturated carbocycles. The summed E-state index contributed by atoms with van der Waals surface area (Å²) in [5, 5.41) is 11.2. The lowest BCUT2D eigenvalue weighted by molar-refractivity contribution is 0.201. The van der Waals surface area contributed by atoms with E-state index in [1.807, 2.05) is 53.4 Å². The number of anilines is 1. The van der Waals surface area contributed by atoms with E-state index in [0.29, 0.717) is 13.1 Å². The third-order valence-electron chi connectivity index (χ3n) is 5.00. The number of pyridine rings is 1. The summed E-state index contributed by atoms with van der Waals surface area (Å²) in [6, 6.07) is 17.8. The lowest BCUT2D eigenvalue weighted by Gasteiger charge is -2.22. The molecule has 7 nitrogen and oxygen atoms in total. The van der Waals surface area contributed by atoms with Crippen molar-refractivity contribution < 1.29 is 4.79 Å². The molecule has 0 bridgehead atoms. The summed E-state index contributed by atoms with van der Waals surface area (Å²) in [4.78, 5) is 21.1. The molecular formula is C22H24N6O. The second-order valence-corrected chi connectivity index (χ2v) is 6.98. The summed E-state index contributed by atoms with van der Waals surface area (Å²) < 4.78 is 0. The number of benzene rings is 1. The van der Waals surface area contributed by atoms with E-state index in [2.05, 4.69) is 31.5 Å². The van der Waals surface area contributed by atoms with E-state index >= 15 is 0 Å². The number of aromatic nitrogens is 3. The van der Waals surface area contributed by atoms with Gasteiger partial charge >= 0.3 is 6.03 Å². The fourth-order valence-electron chi connectivity index (χ4n) is 3.48. The minimum atomic E-state index is -0.0331. The van der Waals surface area contributed by atoms with E-state index < -0.39 is 0 Å². The number of carbonyl (C=O) groups excluding carboxylic acids is 1. The highest BCUT2D eigenvalue weighted by Gasteiger charge is 2.19. The molecule has 1 aliphatic heterocycles. The van der Waals surface area contributed by atoms with Gasteiger partial charge in [-0.25, -0.2) is 4.79 Å². The molecule has 1 saturated heterocycles. The quantitative estimate of drug-likeness (QED) is 0.744. The zero-order valence-electron chi connectivity index (χ0n) is 16.2. The van der Waals surface area contributed by atoms with E-state index in [1.54, 1.807) is 12.4 Å². The predicted octanol–water partition coefficient (Wildman–Crippen LogP) is 2.96. The highest BCUT2D eigenvalue weighted by atomic mass is 16.2. The van der Waals surface area contributed by atoms with Gasteiger partial charge in [-0.2, -0.15) is 5.10 Å². The van der Waals surface area contributed by atoms with Crippen LogP contribution in [0.5, 0.6) is 0 Å². The van der Waals surface area contributed by atoms with Crippen LogP contribution in [0, 0.1) is 0 Å². The monoisotopic (exact) mass is 388 g/mol. The molecule has 7 heteroatoms. The highest BCUT2D eigenvalue weighted by molar-refractivity contribution is 5.74. The Labute approximate surface area is 170 Å². The number of nitrogens with one attached hydrogen (secondary N) is 1. The molecule has 1 aliphatic rings. The molecule has 4 rings (SSSR count). The number of urea groups is 1. The zero-order valence-corrected chi connectivity index (χ0v) is 16.2. The maximum atomic E-state index is 12.7. The van der Waals surface area contributed by atoms with Gasteiger partial charge in [-0.15, -0.1) is 5.10 Å². The Morgan fingerprint density at radius 2 is 1.93 bits per heavy atom. The number of hydrogen-bond acceptors (Lipinski definition) is 5. The molecule has 1 aromatic carbocycles. The van der Waals surface area contributed by atoms with E-state index in [-0.39, 0.29) is 6.03 Å². The van der Waals surface area contributed by atoms with E-state index in [4.69, 9.17) is 0 Å². The topological polar surface area (TPSA) is 74.2 Å². The lowest BCUT2D eigenvalue weighted by atomic mass is 10.1. The van der Waals surface area contributed by atoms with Crippen molar-refractivity contribution in [2.45, 2.75) is 13.0 Å². The van der Waals surface area contributed by atoms with E-state index in [0.717, 1.165) is 48.7 Å². The normalized spacial score (nSPS) is 14.3. The van der Waals surface area contributed by atoms with Crippen LogP contribution in [0.15, 0.2) is 67.0 Å². The Bertz CT molecular complexity index is 934. The molecule has 148 valence electrons. The van der Waals surface area contributed by atoms with Gasteiger partial charge in [0.25, 0.3) is 0 Å². The minimum Gasteiger partial charge on any atom is -0.353 e. The predicted molar refractivity (Wildman–Crippen MR) is 112 cm³/mol. The van der Waals surface area contributed by atoms with Crippen LogP contribution < -0.4 is 10.2 Å². The highest BCUT2D eigenvalue weighted by Crippen LogP contribution is 2.18. The second kappa shape index (κ2) is 9.14. The average molecular weight is 388 g/mol. The first kappa shape index (κ1) is 18.9. The average Bonchev–Trinajstić information content (AvgIpc) is 3.05. The van der Waals surface area contributed by atoms with Crippen LogP contribution in [-0.4, -0.2) is 52.3 Å². The lowest BCUT2D eigenvalue weighted by Crippen LogP contribution is -2.41. The Kier molecular flexibility index (Phi) is 5.95. The summed E-state index contributed by atoms with van der Waals surface area (Å²) >= 11 is 0. The number of hydrogen-bond donors (Lipinski definition) is 1. The largest absolute Gasteiger partial charge is 0.353 e. The number of carbonyl (C=O) groups is 1. The first-order valence-corrected chi connectivity index (χ1v) is 9.85. The van der Waals surface area contributed by atoms with Gasteiger partial charge < -0.3 is 15.1 Å². The summed E-state index contributed by atoms with van der Waals surface area (Å²) in [6.45, 7) is 3.51. The molecule has 0 unspecified atom stereocenters. The smallest absolute Gasteiger partial charge is 0.317 e. The maximum Gasteiger partial charge on any atom is 0.317 e. The van der Waals surface area contributed by atoms with Crippen LogP contribution >= 0.6 is 0 Å². The van der Waals surface area contributed by atoms with Gasteiger partial charge in [0, 0.05) is 50.7 Å². The molecule has 1 N–H and O–H groups in total. The minimum absolute atomic E-state index is 0.0331.